The van der Waals surface area contributed by atoms with Crippen molar-refractivity contribution in [3.8, 4) is 11.3 Å². The molecule has 0 radical (unpaired) electrons. The molecule has 0 atom stereocenters. The average molecular weight is 269 g/mol. The van der Waals surface area contributed by atoms with Crippen molar-refractivity contribution in [1.29, 1.82) is 0 Å². The summed E-state index contributed by atoms with van der Waals surface area (Å²) in [5, 5.41) is 0. The van der Waals surface area contributed by atoms with Crippen LogP contribution in [-0.4, -0.2) is 16.0 Å². The number of nitrogens with two attached hydrogens (primary N) is 1. The molecule has 0 saturated heterocycles. The van der Waals surface area contributed by atoms with Gasteiger partial charge in [0.1, 0.15) is 5.82 Å². The summed E-state index contributed by atoms with van der Waals surface area (Å²) < 4.78 is 0. The lowest BCUT2D eigenvalue weighted by molar-refractivity contribution is 0.340. The van der Waals surface area contributed by atoms with Crippen LogP contribution < -0.4 is 5.73 Å². The lowest BCUT2D eigenvalue weighted by Crippen LogP contribution is -2.35. The van der Waals surface area contributed by atoms with Crippen molar-refractivity contribution < 1.29 is 0 Å². The number of rotatable bonds is 2. The van der Waals surface area contributed by atoms with Gasteiger partial charge in [-0.15, -0.1) is 0 Å². The summed E-state index contributed by atoms with van der Waals surface area (Å²) in [4.78, 5) is 7.95. The molecule has 0 aliphatic heterocycles. The Hall–Kier alpha value is -1.61. The molecule has 3 nitrogen and oxygen atoms in total. The van der Waals surface area contributed by atoms with Gasteiger partial charge in [0.25, 0.3) is 0 Å². The number of hydrogen-bond donors (Lipinski definition) is 2. The van der Waals surface area contributed by atoms with Crippen LogP contribution in [0, 0.1) is 0 Å². The maximum absolute atomic E-state index is 5.84. The van der Waals surface area contributed by atoms with Crippen molar-refractivity contribution in [3.05, 3.63) is 41.9 Å². The van der Waals surface area contributed by atoms with E-state index >= 15 is 0 Å². The zero-order valence-corrected chi connectivity index (χ0v) is 12.5. The molecular formula is C17H23N3. The molecule has 3 N–H and O–H groups in total. The topological polar surface area (TPSA) is 54.7 Å². The number of benzene rings is 1. The highest BCUT2D eigenvalue weighted by Crippen LogP contribution is 2.35. The fourth-order valence-corrected chi connectivity index (χ4v) is 2.73. The van der Waals surface area contributed by atoms with Gasteiger partial charge < -0.3 is 10.7 Å². The van der Waals surface area contributed by atoms with Gasteiger partial charge >= 0.3 is 0 Å². The van der Waals surface area contributed by atoms with E-state index in [1.54, 1.807) is 0 Å². The summed E-state index contributed by atoms with van der Waals surface area (Å²) in [7, 11) is 0. The predicted octanol–water partition coefficient (Wildman–Crippen LogP) is 3.58. The van der Waals surface area contributed by atoms with E-state index in [0.717, 1.165) is 24.4 Å². The van der Waals surface area contributed by atoms with Gasteiger partial charge in [0.15, 0.2) is 0 Å². The molecule has 106 valence electrons. The Morgan fingerprint density at radius 2 is 1.80 bits per heavy atom. The summed E-state index contributed by atoms with van der Waals surface area (Å²) in [5.41, 5.74) is 9.68. The van der Waals surface area contributed by atoms with Crippen LogP contribution in [0.4, 0.5) is 0 Å². The Morgan fingerprint density at radius 1 is 1.15 bits per heavy atom. The van der Waals surface area contributed by atoms with Crippen molar-refractivity contribution >= 4 is 0 Å². The van der Waals surface area contributed by atoms with Gasteiger partial charge in [0.2, 0.25) is 0 Å². The second-order valence-electron chi connectivity index (χ2n) is 6.94. The van der Waals surface area contributed by atoms with Crippen molar-refractivity contribution in [1.82, 2.24) is 9.97 Å². The third-order valence-electron chi connectivity index (χ3n) is 4.22. The highest BCUT2D eigenvalue weighted by Gasteiger charge is 2.29. The number of nitrogens with zero attached hydrogens (tertiary/aromatic N) is 1. The SMILES string of the molecule is CC(C)(C)c1ccc(-c2cnc(C3CC(N)C3)[nH]2)cc1. The molecule has 1 fully saturated rings. The van der Waals surface area contributed by atoms with Crippen LogP contribution in [0.3, 0.4) is 0 Å². The first-order chi connectivity index (χ1) is 9.43. The van der Waals surface area contributed by atoms with Crippen LogP contribution in [0.15, 0.2) is 30.5 Å². The van der Waals surface area contributed by atoms with Gasteiger partial charge in [-0.2, -0.15) is 0 Å². The van der Waals surface area contributed by atoms with E-state index in [-0.39, 0.29) is 5.41 Å². The fourth-order valence-electron chi connectivity index (χ4n) is 2.73. The summed E-state index contributed by atoms with van der Waals surface area (Å²) in [6.07, 6.45) is 4.04. The van der Waals surface area contributed by atoms with Gasteiger partial charge in [0, 0.05) is 12.0 Å². The Labute approximate surface area is 120 Å². The molecule has 1 aromatic heterocycles. The van der Waals surface area contributed by atoms with E-state index in [9.17, 15) is 0 Å². The molecule has 1 aromatic carbocycles. The van der Waals surface area contributed by atoms with Gasteiger partial charge in [-0.05, 0) is 29.4 Å². The smallest absolute Gasteiger partial charge is 0.109 e. The highest BCUT2D eigenvalue weighted by molar-refractivity contribution is 5.59. The third-order valence-corrected chi connectivity index (χ3v) is 4.22. The van der Waals surface area contributed by atoms with Crippen molar-refractivity contribution in [2.24, 2.45) is 5.73 Å². The molecule has 0 amide bonds. The second kappa shape index (κ2) is 4.74. The first kappa shape index (κ1) is 13.4. The minimum absolute atomic E-state index is 0.194. The van der Waals surface area contributed by atoms with E-state index in [0.29, 0.717) is 12.0 Å². The molecule has 0 spiro atoms. The van der Waals surface area contributed by atoms with Gasteiger partial charge in [-0.25, -0.2) is 4.98 Å². The zero-order valence-electron chi connectivity index (χ0n) is 12.5. The van der Waals surface area contributed by atoms with Crippen molar-refractivity contribution in [2.75, 3.05) is 0 Å². The molecule has 1 saturated carbocycles. The lowest BCUT2D eigenvalue weighted by atomic mass is 9.80. The Bertz CT molecular complexity index is 583. The number of nitrogens with one attached hydrogen (secondary N) is 1. The molecule has 3 rings (SSSR count). The zero-order chi connectivity index (χ0) is 14.3. The lowest BCUT2D eigenvalue weighted by Gasteiger charge is -2.30. The van der Waals surface area contributed by atoms with Crippen LogP contribution in [0.1, 0.15) is 50.9 Å². The van der Waals surface area contributed by atoms with Crippen LogP contribution in [0.25, 0.3) is 11.3 Å². The Balaban J connectivity index is 1.79. The summed E-state index contributed by atoms with van der Waals surface area (Å²) in [6, 6.07) is 9.11. The number of aromatic amines is 1. The van der Waals surface area contributed by atoms with Crippen LogP contribution >= 0.6 is 0 Å². The van der Waals surface area contributed by atoms with E-state index in [4.69, 9.17) is 5.73 Å². The van der Waals surface area contributed by atoms with Crippen molar-refractivity contribution in [3.63, 3.8) is 0 Å². The number of hydrogen-bond acceptors (Lipinski definition) is 2. The Kier molecular flexibility index (Phi) is 3.17. The Morgan fingerprint density at radius 3 is 2.35 bits per heavy atom. The molecule has 0 unspecified atom stereocenters. The third kappa shape index (κ3) is 2.50. The van der Waals surface area contributed by atoms with Crippen molar-refractivity contribution in [2.45, 2.75) is 51.0 Å². The van der Waals surface area contributed by atoms with Gasteiger partial charge in [0.05, 0.1) is 11.9 Å². The summed E-state index contributed by atoms with van der Waals surface area (Å²) >= 11 is 0. The molecule has 20 heavy (non-hydrogen) atoms. The fraction of sp³-hybridized carbons (Fsp3) is 0.471. The predicted molar refractivity (Wildman–Crippen MR) is 82.7 cm³/mol. The molecular weight excluding hydrogens is 246 g/mol. The number of imidazole rings is 1. The molecule has 0 bridgehead atoms. The standard InChI is InChI=1S/C17H23N3/c1-17(2,3)13-6-4-11(5-7-13)15-10-19-16(20-15)12-8-14(18)9-12/h4-7,10,12,14H,8-9,18H2,1-3H3,(H,19,20). The molecule has 1 heterocycles. The second-order valence-corrected chi connectivity index (χ2v) is 6.94. The highest BCUT2D eigenvalue weighted by atomic mass is 14.9. The molecule has 1 aliphatic rings. The maximum atomic E-state index is 5.84. The van der Waals surface area contributed by atoms with Crippen LogP contribution in [0.2, 0.25) is 0 Å². The average Bonchev–Trinajstić information content (AvgIpc) is 2.83. The number of aromatic nitrogens is 2. The minimum atomic E-state index is 0.194. The molecule has 1 aliphatic carbocycles. The van der Waals surface area contributed by atoms with Crippen LogP contribution in [-0.2, 0) is 5.41 Å². The van der Waals surface area contributed by atoms with Gasteiger partial charge in [-0.3, -0.25) is 0 Å². The van der Waals surface area contributed by atoms with Gasteiger partial charge in [-0.1, -0.05) is 45.0 Å². The first-order valence-electron chi connectivity index (χ1n) is 7.35. The summed E-state index contributed by atoms with van der Waals surface area (Å²) in [5.74, 6) is 1.61. The quantitative estimate of drug-likeness (QED) is 0.875. The molecule has 3 heteroatoms. The monoisotopic (exact) mass is 269 g/mol. The first-order valence-corrected chi connectivity index (χ1v) is 7.35. The summed E-state index contributed by atoms with van der Waals surface area (Å²) in [6.45, 7) is 6.70. The van der Waals surface area contributed by atoms with E-state index < -0.39 is 0 Å². The molecule has 2 aromatic rings. The van der Waals surface area contributed by atoms with E-state index in [1.165, 1.54) is 11.1 Å². The normalized spacial score (nSPS) is 22.6. The largest absolute Gasteiger partial charge is 0.342 e. The van der Waals surface area contributed by atoms with Crippen LogP contribution in [0.5, 0.6) is 0 Å². The van der Waals surface area contributed by atoms with E-state index in [1.807, 2.05) is 6.20 Å². The maximum Gasteiger partial charge on any atom is 0.109 e. The van der Waals surface area contributed by atoms with E-state index in [2.05, 4.69) is 55.0 Å². The minimum Gasteiger partial charge on any atom is -0.342 e. The number of H-pyrrole nitrogens is 1.